The highest BCUT2D eigenvalue weighted by Crippen LogP contribution is 2.39. The Hall–Kier alpha value is -2.57. The molecule has 1 aromatic heterocycles. The van der Waals surface area contributed by atoms with Crippen molar-refractivity contribution in [1.29, 1.82) is 0 Å². The number of rotatable bonds is 6. The molecule has 2 saturated heterocycles. The minimum absolute atomic E-state index is 0.000554. The van der Waals surface area contributed by atoms with Crippen molar-refractivity contribution in [3.8, 4) is 17.0 Å². The molecule has 37 heavy (non-hydrogen) atoms. The van der Waals surface area contributed by atoms with E-state index in [2.05, 4.69) is 20.6 Å². The van der Waals surface area contributed by atoms with Crippen LogP contribution in [0.2, 0.25) is 0 Å². The summed E-state index contributed by atoms with van der Waals surface area (Å²) >= 11 is 0. The summed E-state index contributed by atoms with van der Waals surface area (Å²) in [4.78, 5) is 10.5. The van der Waals surface area contributed by atoms with Gasteiger partial charge in [0.25, 0.3) is 0 Å². The lowest BCUT2D eigenvalue weighted by atomic mass is 10.1. The third-order valence-corrected chi connectivity index (χ3v) is 9.81. The van der Waals surface area contributed by atoms with Gasteiger partial charge in [-0.15, -0.1) is 0 Å². The fourth-order valence-electron chi connectivity index (χ4n) is 5.36. The van der Waals surface area contributed by atoms with Gasteiger partial charge in [-0.3, -0.25) is 0 Å². The maximum absolute atomic E-state index is 14.9. The number of ether oxygens (including phenoxy) is 1. The lowest BCUT2D eigenvalue weighted by Gasteiger charge is -2.35. The summed E-state index contributed by atoms with van der Waals surface area (Å²) in [5.41, 5.74) is 0.878. The molecule has 1 aromatic carbocycles. The Balaban J connectivity index is 1.30. The molecule has 0 atom stereocenters. The van der Waals surface area contributed by atoms with Crippen LogP contribution in [0.25, 0.3) is 11.3 Å². The van der Waals surface area contributed by atoms with E-state index < -0.39 is 21.7 Å². The SMILES string of the molecule is CC(C)N1CCOc2c(F)cc(-c3nc(NC4CCN(S(=O)(=O)C5CCNCC5)CC4)ncc3F)cc21. The van der Waals surface area contributed by atoms with Crippen molar-refractivity contribution >= 4 is 21.7 Å². The van der Waals surface area contributed by atoms with E-state index in [0.717, 1.165) is 19.3 Å². The van der Waals surface area contributed by atoms with Crippen LogP contribution in [-0.2, 0) is 10.0 Å². The van der Waals surface area contributed by atoms with Crippen molar-refractivity contribution in [2.75, 3.05) is 49.5 Å². The van der Waals surface area contributed by atoms with Gasteiger partial charge in [-0.1, -0.05) is 0 Å². The molecule has 2 N–H and O–H groups in total. The van der Waals surface area contributed by atoms with Crippen LogP contribution in [0.5, 0.6) is 5.75 Å². The number of anilines is 2. The highest BCUT2D eigenvalue weighted by atomic mass is 32.2. The van der Waals surface area contributed by atoms with Gasteiger partial charge in [0, 0.05) is 30.7 Å². The molecule has 0 aliphatic carbocycles. The molecule has 9 nitrogen and oxygen atoms in total. The first-order valence-electron chi connectivity index (χ1n) is 13.0. The van der Waals surface area contributed by atoms with Crippen molar-refractivity contribution < 1.29 is 21.9 Å². The minimum Gasteiger partial charge on any atom is -0.486 e. The van der Waals surface area contributed by atoms with Crippen LogP contribution >= 0.6 is 0 Å². The largest absolute Gasteiger partial charge is 0.486 e. The monoisotopic (exact) mass is 536 g/mol. The van der Waals surface area contributed by atoms with Crippen molar-refractivity contribution in [2.24, 2.45) is 0 Å². The fourth-order valence-corrected chi connectivity index (χ4v) is 7.33. The molecular formula is C25H34F2N6O3S. The topological polar surface area (TPSA) is 99.7 Å². The number of benzene rings is 1. The smallest absolute Gasteiger partial charge is 0.223 e. The Kier molecular flexibility index (Phi) is 7.51. The number of hydrogen-bond acceptors (Lipinski definition) is 8. The first kappa shape index (κ1) is 26.1. The predicted octanol–water partition coefficient (Wildman–Crippen LogP) is 2.99. The molecule has 2 aromatic rings. The number of hydrogen-bond donors (Lipinski definition) is 2. The zero-order chi connectivity index (χ0) is 26.2. The Morgan fingerprint density at radius 2 is 1.81 bits per heavy atom. The van der Waals surface area contributed by atoms with E-state index in [4.69, 9.17) is 4.74 Å². The summed E-state index contributed by atoms with van der Waals surface area (Å²) in [6.07, 6.45) is 3.53. The van der Waals surface area contributed by atoms with E-state index >= 15 is 0 Å². The van der Waals surface area contributed by atoms with E-state index in [1.165, 1.54) is 6.07 Å². The molecule has 0 saturated carbocycles. The predicted molar refractivity (Wildman–Crippen MR) is 138 cm³/mol. The second-order valence-electron chi connectivity index (χ2n) is 10.1. The first-order valence-corrected chi connectivity index (χ1v) is 14.5. The van der Waals surface area contributed by atoms with Gasteiger partial charge in [-0.25, -0.2) is 31.5 Å². The van der Waals surface area contributed by atoms with Crippen molar-refractivity contribution in [2.45, 2.75) is 56.9 Å². The summed E-state index contributed by atoms with van der Waals surface area (Å²) in [5.74, 6) is -0.817. The van der Waals surface area contributed by atoms with Crippen LogP contribution in [0.4, 0.5) is 20.4 Å². The molecule has 202 valence electrons. The summed E-state index contributed by atoms with van der Waals surface area (Å²) in [6, 6.07) is 3.01. The van der Waals surface area contributed by atoms with Gasteiger partial charge < -0.3 is 20.3 Å². The first-order chi connectivity index (χ1) is 17.7. The number of aromatic nitrogens is 2. The summed E-state index contributed by atoms with van der Waals surface area (Å²) in [5, 5.41) is 6.11. The molecule has 0 bridgehead atoms. The molecule has 5 rings (SSSR count). The van der Waals surface area contributed by atoms with E-state index in [9.17, 15) is 17.2 Å². The molecule has 3 aliphatic heterocycles. The maximum Gasteiger partial charge on any atom is 0.223 e. The van der Waals surface area contributed by atoms with Gasteiger partial charge in [0.1, 0.15) is 12.3 Å². The fraction of sp³-hybridized carbons (Fsp3) is 0.600. The van der Waals surface area contributed by atoms with Crippen molar-refractivity contribution in [3.05, 3.63) is 30.0 Å². The Labute approximate surface area is 216 Å². The lowest BCUT2D eigenvalue weighted by molar-refractivity contribution is 0.287. The number of piperidine rings is 2. The van der Waals surface area contributed by atoms with Gasteiger partial charge in [-0.2, -0.15) is 0 Å². The average Bonchev–Trinajstić information content (AvgIpc) is 2.90. The number of nitrogens with one attached hydrogen (secondary N) is 2. The van der Waals surface area contributed by atoms with E-state index in [1.54, 1.807) is 10.4 Å². The van der Waals surface area contributed by atoms with E-state index in [0.29, 0.717) is 63.2 Å². The van der Waals surface area contributed by atoms with Crippen LogP contribution in [0.15, 0.2) is 18.3 Å². The van der Waals surface area contributed by atoms with E-state index in [-0.39, 0.29) is 34.7 Å². The van der Waals surface area contributed by atoms with Crippen LogP contribution in [0.3, 0.4) is 0 Å². The summed E-state index contributed by atoms with van der Waals surface area (Å²) < 4.78 is 62.9. The number of fused-ring (bicyclic) bond motifs is 1. The van der Waals surface area contributed by atoms with Crippen LogP contribution in [0, 0.1) is 11.6 Å². The summed E-state index contributed by atoms with van der Waals surface area (Å²) in [6.45, 7) is 7.30. The van der Waals surface area contributed by atoms with Gasteiger partial charge in [0.15, 0.2) is 17.4 Å². The van der Waals surface area contributed by atoms with Crippen LogP contribution in [-0.4, -0.2) is 79.4 Å². The molecule has 0 radical (unpaired) electrons. The van der Waals surface area contributed by atoms with Gasteiger partial charge >= 0.3 is 0 Å². The normalized spacial score (nSPS) is 20.1. The van der Waals surface area contributed by atoms with Gasteiger partial charge in [0.2, 0.25) is 16.0 Å². The zero-order valence-corrected chi connectivity index (χ0v) is 22.0. The van der Waals surface area contributed by atoms with Crippen LogP contribution < -0.4 is 20.3 Å². The highest BCUT2D eigenvalue weighted by Gasteiger charge is 2.35. The maximum atomic E-state index is 14.9. The van der Waals surface area contributed by atoms with Gasteiger partial charge in [0.05, 0.1) is 23.7 Å². The van der Waals surface area contributed by atoms with Gasteiger partial charge in [-0.05, 0) is 64.8 Å². The quantitative estimate of drug-likeness (QED) is 0.582. The lowest BCUT2D eigenvalue weighted by Crippen LogP contribution is -2.48. The number of sulfonamides is 1. The molecule has 0 unspecified atom stereocenters. The van der Waals surface area contributed by atoms with Crippen molar-refractivity contribution in [3.63, 3.8) is 0 Å². The molecule has 0 spiro atoms. The second kappa shape index (κ2) is 10.7. The molecule has 4 heterocycles. The number of halogens is 2. The molecule has 3 aliphatic rings. The van der Waals surface area contributed by atoms with Crippen molar-refractivity contribution in [1.82, 2.24) is 19.6 Å². The summed E-state index contributed by atoms with van der Waals surface area (Å²) in [7, 11) is -3.32. The van der Waals surface area contributed by atoms with Crippen LogP contribution in [0.1, 0.15) is 39.5 Å². The average molecular weight is 537 g/mol. The van der Waals surface area contributed by atoms with E-state index in [1.807, 2.05) is 18.7 Å². The second-order valence-corrected chi connectivity index (χ2v) is 12.4. The molecular weight excluding hydrogens is 502 g/mol. The third kappa shape index (κ3) is 5.37. The molecule has 2 fully saturated rings. The molecule has 0 amide bonds. The zero-order valence-electron chi connectivity index (χ0n) is 21.2. The Morgan fingerprint density at radius 1 is 1.08 bits per heavy atom. The minimum atomic E-state index is -3.32. The Bertz CT molecular complexity index is 1230. The highest BCUT2D eigenvalue weighted by molar-refractivity contribution is 7.89. The third-order valence-electron chi connectivity index (χ3n) is 7.41. The standard InChI is InChI=1S/C25H34F2N6O3S/c1-16(2)33-11-12-36-24-20(26)13-17(14-22(24)33)23-21(27)15-29-25(31-23)30-18-5-9-32(10-6-18)37(34,35)19-3-7-28-8-4-19/h13-16,18-19,28H,3-12H2,1-2H3,(H,29,30,31). The molecule has 12 heteroatoms. The number of nitrogens with zero attached hydrogens (tertiary/aromatic N) is 4. The Morgan fingerprint density at radius 3 is 2.51 bits per heavy atom.